The molecular weight excluding hydrogens is 339 g/mol. The number of benzene rings is 1. The van der Waals surface area contributed by atoms with E-state index >= 15 is 0 Å². The van der Waals surface area contributed by atoms with Gasteiger partial charge in [0, 0.05) is 19.8 Å². The van der Waals surface area contributed by atoms with Gasteiger partial charge in [0.2, 0.25) is 17.7 Å². The first kappa shape index (κ1) is 21.1. The molecule has 3 amide bonds. The lowest BCUT2D eigenvalue weighted by molar-refractivity contribution is -0.131. The zero-order valence-corrected chi connectivity index (χ0v) is 14.6. The van der Waals surface area contributed by atoms with Crippen LogP contribution in [-0.4, -0.2) is 29.8 Å². The normalized spacial score (nSPS) is 12.5. The van der Waals surface area contributed by atoms with Crippen LogP contribution in [0.2, 0.25) is 0 Å². The molecule has 0 aliphatic rings. The fourth-order valence-corrected chi connectivity index (χ4v) is 2.45. The molecule has 0 heterocycles. The largest absolute Gasteiger partial charge is 0.368 e. The minimum absolute atomic E-state index is 0.0575. The lowest BCUT2D eigenvalue weighted by atomic mass is 10.0. The van der Waals surface area contributed by atoms with Gasteiger partial charge in [0.1, 0.15) is 17.9 Å². The molecule has 0 fully saturated rings. The van der Waals surface area contributed by atoms with E-state index in [0.717, 1.165) is 0 Å². The van der Waals surface area contributed by atoms with Crippen LogP contribution in [0.15, 0.2) is 24.3 Å². The van der Waals surface area contributed by atoms with Gasteiger partial charge in [-0.3, -0.25) is 14.4 Å². The molecule has 0 spiro atoms. The Labute approximate surface area is 151 Å². The van der Waals surface area contributed by atoms with E-state index in [9.17, 15) is 18.8 Å². The van der Waals surface area contributed by atoms with Gasteiger partial charge < -0.3 is 16.4 Å². The second kappa shape index (κ2) is 10.8. The summed E-state index contributed by atoms with van der Waals surface area (Å²) >= 11 is 0. The van der Waals surface area contributed by atoms with Gasteiger partial charge in [-0.15, -0.1) is 0 Å². The van der Waals surface area contributed by atoms with Crippen molar-refractivity contribution in [3.63, 3.8) is 0 Å². The minimum Gasteiger partial charge on any atom is -0.368 e. The summed E-state index contributed by atoms with van der Waals surface area (Å²) in [6.45, 7) is 1.25. The minimum atomic E-state index is -1.04. The van der Waals surface area contributed by atoms with Crippen molar-refractivity contribution in [2.75, 3.05) is 0 Å². The van der Waals surface area contributed by atoms with Crippen molar-refractivity contribution in [1.82, 2.24) is 10.6 Å². The van der Waals surface area contributed by atoms with E-state index in [1.54, 1.807) is 6.07 Å². The number of unbranched alkanes of at least 4 members (excludes halogenated alkanes) is 2. The summed E-state index contributed by atoms with van der Waals surface area (Å²) in [4.78, 5) is 35.4. The zero-order chi connectivity index (χ0) is 19.5. The standard InChI is InChI=1S/C18H23FN4O3/c1-12(24)22-16(11-13-7-4-5-8-14(13)19)18(26)23-15(17(21)25)9-3-2-6-10-20/h4-5,7-8,15-16H,2-3,6,9,11H2,1H3,(H2,21,25)(H,22,24)(H,23,26)/t15-,16-/m1/s1. The highest BCUT2D eigenvalue weighted by Gasteiger charge is 2.25. The highest BCUT2D eigenvalue weighted by Crippen LogP contribution is 2.10. The van der Waals surface area contributed by atoms with Crippen LogP contribution >= 0.6 is 0 Å². The predicted molar refractivity (Wildman–Crippen MR) is 92.9 cm³/mol. The van der Waals surface area contributed by atoms with Gasteiger partial charge in [0.25, 0.3) is 0 Å². The molecule has 140 valence electrons. The first-order valence-corrected chi connectivity index (χ1v) is 8.32. The number of hydrogen-bond acceptors (Lipinski definition) is 4. The van der Waals surface area contributed by atoms with E-state index in [1.165, 1.54) is 25.1 Å². The summed E-state index contributed by atoms with van der Waals surface area (Å²) in [5.41, 5.74) is 5.58. The van der Waals surface area contributed by atoms with E-state index in [2.05, 4.69) is 10.6 Å². The van der Waals surface area contributed by atoms with Crippen LogP contribution in [0.25, 0.3) is 0 Å². The number of halogens is 1. The highest BCUT2D eigenvalue weighted by molar-refractivity contribution is 5.91. The maximum absolute atomic E-state index is 13.8. The van der Waals surface area contributed by atoms with E-state index in [1.807, 2.05) is 6.07 Å². The number of nitriles is 1. The topological polar surface area (TPSA) is 125 Å². The lowest BCUT2D eigenvalue weighted by Gasteiger charge is -2.21. The third-order valence-corrected chi connectivity index (χ3v) is 3.77. The van der Waals surface area contributed by atoms with E-state index in [-0.39, 0.29) is 18.4 Å². The van der Waals surface area contributed by atoms with Crippen LogP contribution in [-0.2, 0) is 20.8 Å². The van der Waals surface area contributed by atoms with Gasteiger partial charge in [-0.2, -0.15) is 5.26 Å². The molecule has 0 saturated heterocycles. The van der Waals surface area contributed by atoms with Crippen molar-refractivity contribution in [3.8, 4) is 6.07 Å². The average molecular weight is 362 g/mol. The molecule has 0 aliphatic heterocycles. The van der Waals surface area contributed by atoms with Crippen LogP contribution in [0.3, 0.4) is 0 Å². The van der Waals surface area contributed by atoms with Crippen molar-refractivity contribution in [3.05, 3.63) is 35.6 Å². The molecule has 0 saturated carbocycles. The number of hydrogen-bond donors (Lipinski definition) is 3. The van der Waals surface area contributed by atoms with Crippen molar-refractivity contribution < 1.29 is 18.8 Å². The Hall–Kier alpha value is -2.95. The van der Waals surface area contributed by atoms with Crippen LogP contribution < -0.4 is 16.4 Å². The first-order chi connectivity index (χ1) is 12.3. The Morgan fingerprint density at radius 1 is 1.19 bits per heavy atom. The number of nitrogens with two attached hydrogens (primary N) is 1. The summed E-state index contributed by atoms with van der Waals surface area (Å²) in [7, 11) is 0. The fourth-order valence-electron chi connectivity index (χ4n) is 2.45. The van der Waals surface area contributed by atoms with Gasteiger partial charge in [-0.25, -0.2) is 4.39 Å². The molecule has 0 radical (unpaired) electrons. The fraction of sp³-hybridized carbons (Fsp3) is 0.444. The number of primary amides is 1. The number of carbonyl (C=O) groups is 3. The van der Waals surface area contributed by atoms with Crippen LogP contribution in [0.5, 0.6) is 0 Å². The van der Waals surface area contributed by atoms with Gasteiger partial charge in [0.15, 0.2) is 0 Å². The second-order valence-corrected chi connectivity index (χ2v) is 5.92. The van der Waals surface area contributed by atoms with E-state index in [4.69, 9.17) is 11.0 Å². The zero-order valence-electron chi connectivity index (χ0n) is 14.6. The predicted octanol–water partition coefficient (Wildman–Crippen LogP) is 0.927. The molecule has 1 rings (SSSR count). The Morgan fingerprint density at radius 3 is 2.46 bits per heavy atom. The molecule has 0 bridgehead atoms. The maximum atomic E-state index is 13.8. The summed E-state index contributed by atoms with van der Waals surface area (Å²) in [6, 6.07) is 5.98. The van der Waals surface area contributed by atoms with Crippen LogP contribution in [0.1, 0.15) is 38.2 Å². The number of rotatable bonds is 10. The van der Waals surface area contributed by atoms with Gasteiger partial charge in [-0.1, -0.05) is 18.2 Å². The van der Waals surface area contributed by atoms with Gasteiger partial charge >= 0.3 is 0 Å². The van der Waals surface area contributed by atoms with Crippen molar-refractivity contribution in [1.29, 1.82) is 5.26 Å². The Bertz CT molecular complexity index is 687. The quantitative estimate of drug-likeness (QED) is 0.535. The third-order valence-electron chi connectivity index (χ3n) is 3.77. The maximum Gasteiger partial charge on any atom is 0.243 e. The number of nitrogens with one attached hydrogen (secondary N) is 2. The molecular formula is C18H23FN4O3. The van der Waals surface area contributed by atoms with E-state index in [0.29, 0.717) is 19.3 Å². The molecule has 1 aromatic carbocycles. The molecule has 0 aromatic heterocycles. The van der Waals surface area contributed by atoms with E-state index < -0.39 is 35.6 Å². The molecule has 26 heavy (non-hydrogen) atoms. The van der Waals surface area contributed by atoms with Crippen molar-refractivity contribution in [2.45, 2.75) is 51.1 Å². The van der Waals surface area contributed by atoms with Crippen molar-refractivity contribution in [2.24, 2.45) is 5.73 Å². The molecule has 0 unspecified atom stereocenters. The molecule has 0 aliphatic carbocycles. The SMILES string of the molecule is CC(=O)N[C@H](Cc1ccccc1F)C(=O)N[C@H](CCCCC#N)C(N)=O. The Morgan fingerprint density at radius 2 is 1.88 bits per heavy atom. The molecule has 1 aromatic rings. The average Bonchev–Trinajstić information content (AvgIpc) is 2.58. The number of amides is 3. The molecule has 7 nitrogen and oxygen atoms in total. The van der Waals surface area contributed by atoms with Crippen LogP contribution in [0, 0.1) is 17.1 Å². The Balaban J connectivity index is 2.80. The number of carbonyl (C=O) groups excluding carboxylic acids is 3. The molecule has 4 N–H and O–H groups in total. The molecule has 8 heteroatoms. The smallest absolute Gasteiger partial charge is 0.243 e. The van der Waals surface area contributed by atoms with Crippen molar-refractivity contribution >= 4 is 17.7 Å². The molecule has 2 atom stereocenters. The van der Waals surface area contributed by atoms with Gasteiger partial charge in [-0.05, 0) is 30.9 Å². The highest BCUT2D eigenvalue weighted by atomic mass is 19.1. The lowest BCUT2D eigenvalue weighted by Crippen LogP contribution is -2.53. The first-order valence-electron chi connectivity index (χ1n) is 8.32. The monoisotopic (exact) mass is 362 g/mol. The van der Waals surface area contributed by atoms with Gasteiger partial charge in [0.05, 0.1) is 6.07 Å². The number of nitrogens with zero attached hydrogens (tertiary/aromatic N) is 1. The van der Waals surface area contributed by atoms with Crippen LogP contribution in [0.4, 0.5) is 4.39 Å². The Kier molecular flexibility index (Phi) is 8.78. The summed E-state index contributed by atoms with van der Waals surface area (Å²) < 4.78 is 13.8. The summed E-state index contributed by atoms with van der Waals surface area (Å²) in [5, 5.41) is 13.5. The second-order valence-electron chi connectivity index (χ2n) is 5.92. The summed E-state index contributed by atoms with van der Waals surface area (Å²) in [5.74, 6) is -2.26. The summed E-state index contributed by atoms with van der Waals surface area (Å²) in [6.07, 6.45) is 1.70. The third kappa shape index (κ3) is 7.30.